The van der Waals surface area contributed by atoms with E-state index in [9.17, 15) is 14.7 Å². The average Bonchev–Trinajstić information content (AvgIpc) is 3.22. The zero-order chi connectivity index (χ0) is 26.5. The van der Waals surface area contributed by atoms with Crippen molar-refractivity contribution in [3.05, 3.63) is 45.6 Å². The lowest BCUT2D eigenvalue weighted by atomic mass is 9.95. The summed E-state index contributed by atoms with van der Waals surface area (Å²) < 4.78 is 17.0. The first-order chi connectivity index (χ1) is 17.9. The number of carbonyl (C=O) groups is 1. The molecule has 1 aliphatic carbocycles. The van der Waals surface area contributed by atoms with Crippen LogP contribution in [0.4, 0.5) is 5.69 Å². The quantitative estimate of drug-likeness (QED) is 0.472. The predicted octanol–water partition coefficient (Wildman–Crippen LogP) is 2.73. The van der Waals surface area contributed by atoms with E-state index in [0.29, 0.717) is 42.3 Å². The molecule has 0 unspecified atom stereocenters. The number of aryl methyl sites for hydroxylation is 1. The van der Waals surface area contributed by atoms with E-state index in [2.05, 4.69) is 15.5 Å². The highest BCUT2D eigenvalue weighted by molar-refractivity contribution is 5.83. The van der Waals surface area contributed by atoms with Crippen molar-refractivity contribution >= 4 is 11.6 Å². The normalized spacial score (nSPS) is 18.8. The van der Waals surface area contributed by atoms with Gasteiger partial charge in [-0.15, -0.1) is 0 Å². The molecule has 1 aliphatic heterocycles. The van der Waals surface area contributed by atoms with E-state index in [0.717, 1.165) is 48.2 Å². The van der Waals surface area contributed by atoms with Gasteiger partial charge in [0.15, 0.2) is 11.5 Å². The lowest BCUT2D eigenvalue weighted by Gasteiger charge is -2.22. The van der Waals surface area contributed by atoms with E-state index in [-0.39, 0.29) is 30.0 Å². The van der Waals surface area contributed by atoms with Crippen LogP contribution in [0, 0.1) is 0 Å². The monoisotopic (exact) mass is 511 g/mol. The molecule has 200 valence electrons. The molecule has 2 aromatic rings. The molecular formula is C28H37N3O6. The van der Waals surface area contributed by atoms with E-state index in [1.165, 1.54) is 6.92 Å². The van der Waals surface area contributed by atoms with Gasteiger partial charge in [0, 0.05) is 31.6 Å². The van der Waals surface area contributed by atoms with Crippen molar-refractivity contribution in [2.75, 3.05) is 52.9 Å². The molecule has 9 heteroatoms. The van der Waals surface area contributed by atoms with Gasteiger partial charge in [-0.1, -0.05) is 6.07 Å². The van der Waals surface area contributed by atoms with Crippen molar-refractivity contribution in [1.29, 1.82) is 0 Å². The Hall–Kier alpha value is -3.30. The van der Waals surface area contributed by atoms with Gasteiger partial charge in [0.1, 0.15) is 0 Å². The van der Waals surface area contributed by atoms with E-state index in [1.54, 1.807) is 33.5 Å². The lowest BCUT2D eigenvalue weighted by Crippen LogP contribution is -2.36. The van der Waals surface area contributed by atoms with Crippen LogP contribution in [0.5, 0.6) is 17.2 Å². The lowest BCUT2D eigenvalue weighted by molar-refractivity contribution is -0.119. The second-order valence-corrected chi connectivity index (χ2v) is 9.54. The number of benzene rings is 1. The summed E-state index contributed by atoms with van der Waals surface area (Å²) in [5, 5.41) is 15.9. The zero-order valence-electron chi connectivity index (χ0n) is 22.1. The SMILES string of the molecule is COc1cc2c(c(OC)c1OC)-c1ccc(NCCN3CCC[C@H]3CO)c(=O)cc1[C@@H](NC(C)=O)CC2. The minimum atomic E-state index is -0.343. The minimum Gasteiger partial charge on any atom is -0.493 e. The number of aliphatic hydroxyl groups excluding tert-OH is 1. The Morgan fingerprint density at radius 3 is 2.57 bits per heavy atom. The number of amides is 1. The first-order valence-electron chi connectivity index (χ1n) is 12.8. The Balaban J connectivity index is 1.78. The molecule has 2 aromatic carbocycles. The molecule has 4 rings (SSSR count). The van der Waals surface area contributed by atoms with Crippen LogP contribution in [0.15, 0.2) is 29.1 Å². The molecule has 1 fully saturated rings. The fraction of sp³-hybridized carbons (Fsp3) is 0.500. The van der Waals surface area contributed by atoms with Crippen LogP contribution in [-0.4, -0.2) is 69.5 Å². The molecule has 1 saturated heterocycles. The van der Waals surface area contributed by atoms with Crippen molar-refractivity contribution in [3.63, 3.8) is 0 Å². The Labute approximate surface area is 217 Å². The smallest absolute Gasteiger partial charge is 0.217 e. The van der Waals surface area contributed by atoms with E-state index in [4.69, 9.17) is 14.2 Å². The van der Waals surface area contributed by atoms with Crippen LogP contribution in [-0.2, 0) is 11.2 Å². The van der Waals surface area contributed by atoms with Gasteiger partial charge in [-0.3, -0.25) is 14.5 Å². The van der Waals surface area contributed by atoms with Gasteiger partial charge >= 0.3 is 0 Å². The number of fused-ring (bicyclic) bond motifs is 3. The molecule has 37 heavy (non-hydrogen) atoms. The standard InChI is InChI=1S/C28H37N3O6/c1-17(33)30-22-9-7-18-14-25(35-2)27(36-3)28(37-4)26(18)20-8-10-23(24(34)15-21(20)22)29-11-13-31-12-5-6-19(31)16-32/h8,10,14-15,19,22,32H,5-7,9,11-13,16H2,1-4H3,(H,29,34)(H,30,33)/t19-,22-/m0/s1. The van der Waals surface area contributed by atoms with Gasteiger partial charge < -0.3 is 30.0 Å². The van der Waals surface area contributed by atoms with E-state index in [1.807, 2.05) is 12.1 Å². The van der Waals surface area contributed by atoms with Gasteiger partial charge in [-0.05, 0) is 67.1 Å². The summed E-state index contributed by atoms with van der Waals surface area (Å²) in [5.41, 5.74) is 3.68. The molecule has 0 radical (unpaired) electrons. The Morgan fingerprint density at radius 1 is 1.11 bits per heavy atom. The fourth-order valence-electron chi connectivity index (χ4n) is 5.58. The minimum absolute atomic E-state index is 0.153. The van der Waals surface area contributed by atoms with Gasteiger partial charge in [-0.25, -0.2) is 0 Å². The highest BCUT2D eigenvalue weighted by Gasteiger charge is 2.29. The predicted molar refractivity (Wildman–Crippen MR) is 143 cm³/mol. The molecule has 9 nitrogen and oxygen atoms in total. The number of ether oxygens (including phenoxy) is 3. The maximum absolute atomic E-state index is 13.4. The third-order valence-corrected chi connectivity index (χ3v) is 7.34. The first-order valence-corrected chi connectivity index (χ1v) is 12.8. The Kier molecular flexibility index (Phi) is 8.56. The maximum atomic E-state index is 13.4. The second kappa shape index (κ2) is 11.8. The van der Waals surface area contributed by atoms with Crippen LogP contribution >= 0.6 is 0 Å². The number of nitrogens with one attached hydrogen (secondary N) is 2. The van der Waals surface area contributed by atoms with Gasteiger partial charge in [0.25, 0.3) is 0 Å². The van der Waals surface area contributed by atoms with Gasteiger partial charge in [0.05, 0.1) is 39.7 Å². The molecule has 0 aromatic heterocycles. The van der Waals surface area contributed by atoms with Crippen molar-refractivity contribution in [3.8, 4) is 28.4 Å². The number of aliphatic hydroxyl groups is 1. The van der Waals surface area contributed by atoms with Crippen molar-refractivity contribution in [2.24, 2.45) is 0 Å². The maximum Gasteiger partial charge on any atom is 0.217 e. The number of anilines is 1. The number of hydrogen-bond donors (Lipinski definition) is 3. The Morgan fingerprint density at radius 2 is 1.89 bits per heavy atom. The summed E-state index contributed by atoms with van der Waals surface area (Å²) in [5.74, 6) is 1.40. The molecule has 1 heterocycles. The number of methoxy groups -OCH3 is 3. The Bertz CT molecular complexity index is 1200. The van der Waals surface area contributed by atoms with Crippen LogP contribution in [0.1, 0.15) is 43.4 Å². The molecular weight excluding hydrogens is 474 g/mol. The van der Waals surface area contributed by atoms with Crippen LogP contribution < -0.4 is 30.3 Å². The van der Waals surface area contributed by atoms with E-state index < -0.39 is 0 Å². The molecule has 3 N–H and O–H groups in total. The molecule has 2 atom stereocenters. The number of hydrogen-bond acceptors (Lipinski definition) is 8. The van der Waals surface area contributed by atoms with Gasteiger partial charge in [-0.2, -0.15) is 0 Å². The van der Waals surface area contributed by atoms with Crippen molar-refractivity contribution in [1.82, 2.24) is 10.2 Å². The van der Waals surface area contributed by atoms with Crippen LogP contribution in [0.25, 0.3) is 11.1 Å². The number of nitrogens with zero attached hydrogens (tertiary/aromatic N) is 1. The summed E-state index contributed by atoms with van der Waals surface area (Å²) in [6.07, 6.45) is 3.33. The highest BCUT2D eigenvalue weighted by Crippen LogP contribution is 2.50. The van der Waals surface area contributed by atoms with Crippen molar-refractivity contribution < 1.29 is 24.1 Å². The second-order valence-electron chi connectivity index (χ2n) is 9.54. The summed E-state index contributed by atoms with van der Waals surface area (Å²) in [6, 6.07) is 7.11. The molecule has 1 amide bonds. The number of carbonyl (C=O) groups excluding carboxylic acids is 1. The van der Waals surface area contributed by atoms with E-state index >= 15 is 0 Å². The van der Waals surface area contributed by atoms with Gasteiger partial charge in [0.2, 0.25) is 17.1 Å². The van der Waals surface area contributed by atoms with Crippen molar-refractivity contribution in [2.45, 2.75) is 44.7 Å². The summed E-state index contributed by atoms with van der Waals surface area (Å²) >= 11 is 0. The molecule has 0 spiro atoms. The largest absolute Gasteiger partial charge is 0.493 e. The van der Waals surface area contributed by atoms with Crippen LogP contribution in [0.2, 0.25) is 0 Å². The topological polar surface area (TPSA) is 109 Å². The average molecular weight is 512 g/mol. The summed E-state index contributed by atoms with van der Waals surface area (Å²) in [4.78, 5) is 27.7. The third kappa shape index (κ3) is 5.52. The first kappa shape index (κ1) is 26.8. The number of likely N-dealkylation sites (tertiary alicyclic amines) is 1. The summed E-state index contributed by atoms with van der Waals surface area (Å²) in [7, 11) is 4.73. The highest BCUT2D eigenvalue weighted by atomic mass is 16.5. The molecule has 0 saturated carbocycles. The number of rotatable bonds is 9. The summed E-state index contributed by atoms with van der Waals surface area (Å²) in [6.45, 7) is 3.91. The molecule has 2 aliphatic rings. The molecule has 0 bridgehead atoms. The van der Waals surface area contributed by atoms with Crippen LogP contribution in [0.3, 0.4) is 0 Å². The zero-order valence-corrected chi connectivity index (χ0v) is 22.1. The fourth-order valence-corrected chi connectivity index (χ4v) is 5.58. The third-order valence-electron chi connectivity index (χ3n) is 7.34.